The fraction of sp³-hybridized carbons (Fsp3) is 0.750. The molecule has 0 spiro atoms. The molecule has 0 aliphatic carbocycles. The summed E-state index contributed by atoms with van der Waals surface area (Å²) in [4.78, 5) is 10.8. The van der Waals surface area contributed by atoms with Crippen molar-refractivity contribution in [3.8, 4) is 0 Å². The molecule has 0 fully saturated rings. The smallest absolute Gasteiger partial charge is 0.305 e. The topological polar surface area (TPSA) is 77.8 Å². The Kier molecular flexibility index (Phi) is 11.7. The Balaban J connectivity index is 4.82. The van der Waals surface area contributed by atoms with Crippen molar-refractivity contribution in [2.75, 3.05) is 0 Å². The third kappa shape index (κ3) is 9.24. The van der Waals surface area contributed by atoms with Crippen LogP contribution in [0, 0.1) is 11.8 Å². The van der Waals surface area contributed by atoms with E-state index in [1.54, 1.807) is 0 Å². The van der Waals surface area contributed by atoms with E-state index in [0.29, 0.717) is 25.2 Å². The first-order chi connectivity index (χ1) is 11.3. The lowest BCUT2D eigenvalue weighted by Crippen LogP contribution is -2.34. The maximum absolute atomic E-state index is 10.8. The first kappa shape index (κ1) is 22.9. The molecular formula is C20H36O4. The molecule has 0 aromatic rings. The van der Waals surface area contributed by atoms with Crippen molar-refractivity contribution in [3.05, 3.63) is 24.3 Å². The Labute approximate surface area is 147 Å². The maximum Gasteiger partial charge on any atom is 0.305 e. The molecule has 4 atom stereocenters. The van der Waals surface area contributed by atoms with Crippen molar-refractivity contribution in [1.82, 2.24) is 0 Å². The number of hydrogen-bond acceptors (Lipinski definition) is 3. The van der Waals surface area contributed by atoms with Gasteiger partial charge in [0.1, 0.15) is 0 Å². The second kappa shape index (κ2) is 12.3. The molecule has 0 amide bonds. The summed E-state index contributed by atoms with van der Waals surface area (Å²) >= 11 is 0. The van der Waals surface area contributed by atoms with Gasteiger partial charge in [-0.05, 0) is 43.9 Å². The molecule has 0 aliphatic rings. The maximum atomic E-state index is 10.8. The van der Waals surface area contributed by atoms with E-state index in [1.165, 1.54) is 0 Å². The van der Waals surface area contributed by atoms with Gasteiger partial charge in [-0.1, -0.05) is 58.4 Å². The minimum absolute atomic E-state index is 0.224. The van der Waals surface area contributed by atoms with Crippen molar-refractivity contribution in [2.45, 2.75) is 84.3 Å². The van der Waals surface area contributed by atoms with Gasteiger partial charge in [-0.15, -0.1) is 0 Å². The Hall–Kier alpha value is -1.13. The molecule has 140 valence electrons. The summed E-state index contributed by atoms with van der Waals surface area (Å²) in [7, 11) is 0. The molecule has 0 heterocycles. The zero-order valence-corrected chi connectivity index (χ0v) is 15.7. The highest BCUT2D eigenvalue weighted by atomic mass is 16.4. The molecule has 0 saturated carbocycles. The largest absolute Gasteiger partial charge is 0.481 e. The standard InChI is InChI=1S/C20H36O4/c1-5-9-11-16(6-2)12-10-13-20(24,8-4)15-17(7-3)18(21)14-19(22)23/h9-11,13,16-18,21,24H,5-8,12,14-15H2,1-4H3,(H,22,23). The monoisotopic (exact) mass is 340 g/mol. The highest BCUT2D eigenvalue weighted by Gasteiger charge is 2.30. The van der Waals surface area contributed by atoms with Gasteiger partial charge in [-0.25, -0.2) is 0 Å². The number of carboxylic acids is 1. The van der Waals surface area contributed by atoms with Crippen LogP contribution in [0.1, 0.15) is 72.6 Å². The molecule has 0 rings (SSSR count). The van der Waals surface area contributed by atoms with Gasteiger partial charge in [0.05, 0.1) is 18.1 Å². The van der Waals surface area contributed by atoms with Gasteiger partial charge in [0, 0.05) is 0 Å². The summed E-state index contributed by atoms with van der Waals surface area (Å²) < 4.78 is 0. The molecule has 4 nitrogen and oxygen atoms in total. The second-order valence-electron chi connectivity index (χ2n) is 6.64. The first-order valence-corrected chi connectivity index (χ1v) is 9.28. The first-order valence-electron chi connectivity index (χ1n) is 9.28. The van der Waals surface area contributed by atoms with Crippen LogP contribution in [-0.2, 0) is 4.79 Å². The zero-order chi connectivity index (χ0) is 18.6. The van der Waals surface area contributed by atoms with E-state index in [2.05, 4.69) is 26.0 Å². The molecule has 24 heavy (non-hydrogen) atoms. The Morgan fingerprint density at radius 1 is 1.12 bits per heavy atom. The number of carbonyl (C=O) groups is 1. The fourth-order valence-electron chi connectivity index (χ4n) is 2.85. The van der Waals surface area contributed by atoms with Gasteiger partial charge in [-0.3, -0.25) is 4.79 Å². The van der Waals surface area contributed by atoms with E-state index in [1.807, 2.05) is 26.0 Å². The van der Waals surface area contributed by atoms with Crippen LogP contribution in [0.2, 0.25) is 0 Å². The molecule has 0 bridgehead atoms. The normalized spacial score (nSPS) is 18.6. The summed E-state index contributed by atoms with van der Waals surface area (Å²) in [6.07, 6.45) is 11.6. The predicted molar refractivity (Wildman–Crippen MR) is 98.9 cm³/mol. The van der Waals surface area contributed by atoms with Crippen LogP contribution >= 0.6 is 0 Å². The molecule has 3 N–H and O–H groups in total. The van der Waals surface area contributed by atoms with E-state index >= 15 is 0 Å². The Bertz CT molecular complexity index is 402. The second-order valence-corrected chi connectivity index (χ2v) is 6.64. The number of carboxylic acid groups (broad SMARTS) is 1. The zero-order valence-electron chi connectivity index (χ0n) is 15.7. The predicted octanol–water partition coefficient (Wildman–Crippen LogP) is 4.32. The minimum atomic E-state index is -1.01. The van der Waals surface area contributed by atoms with Gasteiger partial charge in [0.2, 0.25) is 0 Å². The van der Waals surface area contributed by atoms with Crippen LogP contribution in [0.3, 0.4) is 0 Å². The van der Waals surface area contributed by atoms with Crippen LogP contribution in [0.5, 0.6) is 0 Å². The number of rotatable bonds is 13. The van der Waals surface area contributed by atoms with Crippen LogP contribution in [-0.4, -0.2) is 33.0 Å². The van der Waals surface area contributed by atoms with Crippen molar-refractivity contribution in [2.24, 2.45) is 11.8 Å². The van der Waals surface area contributed by atoms with Crippen molar-refractivity contribution in [1.29, 1.82) is 0 Å². The average molecular weight is 341 g/mol. The average Bonchev–Trinajstić information content (AvgIpc) is 2.55. The Morgan fingerprint density at radius 3 is 2.25 bits per heavy atom. The van der Waals surface area contributed by atoms with Gasteiger partial charge < -0.3 is 15.3 Å². The molecular weight excluding hydrogens is 304 g/mol. The van der Waals surface area contributed by atoms with Crippen LogP contribution < -0.4 is 0 Å². The van der Waals surface area contributed by atoms with Gasteiger partial charge in [0.25, 0.3) is 0 Å². The van der Waals surface area contributed by atoms with E-state index in [9.17, 15) is 15.0 Å². The minimum Gasteiger partial charge on any atom is -0.481 e. The lowest BCUT2D eigenvalue weighted by atomic mass is 9.82. The molecule has 4 heteroatoms. The highest BCUT2D eigenvalue weighted by Crippen LogP contribution is 2.28. The van der Waals surface area contributed by atoms with E-state index in [0.717, 1.165) is 19.3 Å². The summed E-state index contributed by atoms with van der Waals surface area (Å²) in [5, 5.41) is 29.7. The third-order valence-electron chi connectivity index (χ3n) is 4.72. The summed E-state index contributed by atoms with van der Waals surface area (Å²) in [6.45, 7) is 8.09. The quantitative estimate of drug-likeness (QED) is 0.436. The van der Waals surface area contributed by atoms with Crippen molar-refractivity contribution in [3.63, 3.8) is 0 Å². The highest BCUT2D eigenvalue weighted by molar-refractivity contribution is 5.67. The SMILES string of the molecule is CCC=CC(CC)CC=CC(O)(CC)CC(CC)C(O)CC(=O)O. The summed E-state index contributed by atoms with van der Waals surface area (Å²) in [5.74, 6) is -0.760. The molecule has 0 aliphatic heterocycles. The van der Waals surface area contributed by atoms with E-state index in [-0.39, 0.29) is 12.3 Å². The molecule has 0 radical (unpaired) electrons. The summed E-state index contributed by atoms with van der Waals surface area (Å²) in [6, 6.07) is 0. The van der Waals surface area contributed by atoms with E-state index < -0.39 is 17.7 Å². The van der Waals surface area contributed by atoms with Crippen molar-refractivity contribution >= 4 is 5.97 Å². The van der Waals surface area contributed by atoms with Crippen LogP contribution in [0.25, 0.3) is 0 Å². The number of aliphatic hydroxyl groups is 2. The number of aliphatic hydroxyl groups excluding tert-OH is 1. The molecule has 0 aromatic carbocycles. The molecule has 4 unspecified atom stereocenters. The van der Waals surface area contributed by atoms with Crippen molar-refractivity contribution < 1.29 is 20.1 Å². The summed E-state index contributed by atoms with van der Waals surface area (Å²) in [5.41, 5.74) is -0.993. The van der Waals surface area contributed by atoms with Gasteiger partial charge in [-0.2, -0.15) is 0 Å². The molecule has 0 aromatic heterocycles. The Morgan fingerprint density at radius 2 is 1.79 bits per heavy atom. The van der Waals surface area contributed by atoms with E-state index in [4.69, 9.17) is 5.11 Å². The van der Waals surface area contributed by atoms with Crippen LogP contribution in [0.15, 0.2) is 24.3 Å². The van der Waals surface area contributed by atoms with Gasteiger partial charge >= 0.3 is 5.97 Å². The number of allylic oxidation sites excluding steroid dienone is 3. The molecule has 0 saturated heterocycles. The fourth-order valence-corrected chi connectivity index (χ4v) is 2.85. The number of hydrogen-bond donors (Lipinski definition) is 3. The lowest BCUT2D eigenvalue weighted by molar-refractivity contribution is -0.140. The van der Waals surface area contributed by atoms with Crippen LogP contribution in [0.4, 0.5) is 0 Å². The number of aliphatic carboxylic acids is 1. The third-order valence-corrected chi connectivity index (χ3v) is 4.72. The van der Waals surface area contributed by atoms with Gasteiger partial charge in [0.15, 0.2) is 0 Å². The lowest BCUT2D eigenvalue weighted by Gasteiger charge is -2.30.